The summed E-state index contributed by atoms with van der Waals surface area (Å²) in [6.45, 7) is 0. The van der Waals surface area contributed by atoms with Crippen LogP contribution < -0.4 is 0 Å². The molecule has 1 aliphatic carbocycles. The zero-order valence-corrected chi connectivity index (χ0v) is 25.4. The van der Waals surface area contributed by atoms with E-state index >= 15 is 0 Å². The van der Waals surface area contributed by atoms with E-state index in [0.29, 0.717) is 5.56 Å². The average Bonchev–Trinajstić information content (AvgIpc) is 3.79. The van der Waals surface area contributed by atoms with Crippen LogP contribution in [0.25, 0.3) is 83.2 Å². The van der Waals surface area contributed by atoms with E-state index in [4.69, 9.17) is 4.42 Å². The first-order valence-corrected chi connectivity index (χ1v) is 16.1. The van der Waals surface area contributed by atoms with E-state index in [9.17, 15) is 5.26 Å². The van der Waals surface area contributed by atoms with Crippen molar-refractivity contribution in [3.05, 3.63) is 150 Å². The highest BCUT2D eigenvalue weighted by Crippen LogP contribution is 2.45. The van der Waals surface area contributed by atoms with Crippen molar-refractivity contribution in [3.8, 4) is 28.6 Å². The summed E-state index contributed by atoms with van der Waals surface area (Å²) in [5.41, 5.74) is 12.2. The van der Waals surface area contributed by atoms with E-state index in [1.165, 1.54) is 22.0 Å². The summed E-state index contributed by atoms with van der Waals surface area (Å²) >= 11 is 0. The summed E-state index contributed by atoms with van der Waals surface area (Å²) in [7, 11) is 0. The summed E-state index contributed by atoms with van der Waals surface area (Å²) in [6, 6.07) is 47.1. The van der Waals surface area contributed by atoms with Gasteiger partial charge in [0.2, 0.25) is 0 Å². The minimum atomic E-state index is 0.637. The molecule has 47 heavy (non-hydrogen) atoms. The topological polar surface area (TPSA) is 46.8 Å². The monoisotopic (exact) mass is 601 g/mol. The van der Waals surface area contributed by atoms with E-state index in [0.717, 1.165) is 79.2 Å². The summed E-state index contributed by atoms with van der Waals surface area (Å²) in [4.78, 5) is 0. The number of nitrogens with zero attached hydrogens (tertiary/aromatic N) is 3. The van der Waals surface area contributed by atoms with Gasteiger partial charge in [-0.15, -0.1) is 0 Å². The summed E-state index contributed by atoms with van der Waals surface area (Å²) in [5.74, 6) is 0. The molecule has 0 spiro atoms. The van der Waals surface area contributed by atoms with Crippen LogP contribution in [0, 0.1) is 11.3 Å². The highest BCUT2D eigenvalue weighted by atomic mass is 16.3. The summed E-state index contributed by atoms with van der Waals surface area (Å²) in [5, 5.41) is 16.4. The Bertz CT molecular complexity index is 2760. The lowest BCUT2D eigenvalue weighted by Gasteiger charge is -2.21. The smallest absolute Gasteiger partial charge is 0.145 e. The molecule has 0 bridgehead atoms. The SMILES string of the molecule is N#Cc1cccc(-c2ccccc2-n2c3ccccc3c3ccccc32)c1-n1c2c(c3c4oc5ccccc5c4ccc31)C=CCC2. The largest absolute Gasteiger partial charge is 0.455 e. The molecule has 0 atom stereocenters. The predicted octanol–water partition coefficient (Wildman–Crippen LogP) is 11.1. The van der Waals surface area contributed by atoms with Crippen LogP contribution in [0.3, 0.4) is 0 Å². The van der Waals surface area contributed by atoms with Crippen LogP contribution >= 0.6 is 0 Å². The highest BCUT2D eigenvalue weighted by molar-refractivity contribution is 6.18. The van der Waals surface area contributed by atoms with Gasteiger partial charge in [-0.2, -0.15) is 5.26 Å². The van der Waals surface area contributed by atoms with Gasteiger partial charge < -0.3 is 13.6 Å². The molecule has 0 N–H and O–H groups in total. The van der Waals surface area contributed by atoms with Crippen molar-refractivity contribution in [1.82, 2.24) is 9.13 Å². The van der Waals surface area contributed by atoms with E-state index in [-0.39, 0.29) is 0 Å². The van der Waals surface area contributed by atoms with Crippen molar-refractivity contribution in [3.63, 3.8) is 0 Å². The normalized spacial score (nSPS) is 12.8. The number of benzene rings is 6. The number of rotatable bonds is 3. The number of hydrogen-bond acceptors (Lipinski definition) is 2. The van der Waals surface area contributed by atoms with Crippen molar-refractivity contribution >= 4 is 60.7 Å². The van der Waals surface area contributed by atoms with Gasteiger partial charge in [0.05, 0.1) is 38.9 Å². The molecular weight excluding hydrogens is 574 g/mol. The van der Waals surface area contributed by atoms with Gasteiger partial charge in [-0.3, -0.25) is 0 Å². The third kappa shape index (κ3) is 3.57. The maximum absolute atomic E-state index is 10.7. The zero-order valence-electron chi connectivity index (χ0n) is 25.4. The van der Waals surface area contributed by atoms with Crippen LogP contribution in [0.4, 0.5) is 0 Å². The summed E-state index contributed by atoms with van der Waals surface area (Å²) in [6.07, 6.45) is 6.30. The molecule has 1 aliphatic rings. The lowest BCUT2D eigenvalue weighted by Crippen LogP contribution is -2.07. The lowest BCUT2D eigenvalue weighted by atomic mass is 9.97. The fraction of sp³-hybridized carbons (Fsp3) is 0.0465. The molecule has 0 radical (unpaired) electrons. The second-order valence-electron chi connectivity index (χ2n) is 12.3. The standard InChI is InChI=1S/C43H27N3O/c44-26-27-12-11-18-32(30-15-3-8-21-37(30)45-35-19-6-1-13-28(35)29-14-2-7-20-36(29)45)42(27)46-38-22-9-4-17-34(38)41-39(46)25-24-33-31-16-5-10-23-40(31)47-43(33)41/h1-8,10-21,23-25H,9,22H2. The van der Waals surface area contributed by atoms with E-state index in [1.54, 1.807) is 0 Å². The maximum Gasteiger partial charge on any atom is 0.145 e. The second-order valence-corrected chi connectivity index (χ2v) is 12.3. The van der Waals surface area contributed by atoms with Gasteiger partial charge in [0, 0.05) is 43.9 Å². The molecule has 6 aromatic carbocycles. The van der Waals surface area contributed by atoms with E-state index in [2.05, 4.69) is 130 Å². The van der Waals surface area contributed by atoms with Crippen LogP contribution in [0.5, 0.6) is 0 Å². The highest BCUT2D eigenvalue weighted by Gasteiger charge is 2.27. The Balaban J connectivity index is 1.32. The van der Waals surface area contributed by atoms with Gasteiger partial charge in [-0.1, -0.05) is 97.1 Å². The lowest BCUT2D eigenvalue weighted by molar-refractivity contribution is 0.672. The fourth-order valence-corrected chi connectivity index (χ4v) is 7.91. The number of aromatic nitrogens is 2. The molecule has 4 heteroatoms. The van der Waals surface area contributed by atoms with Crippen molar-refractivity contribution in [2.45, 2.75) is 12.8 Å². The maximum atomic E-state index is 10.7. The molecule has 220 valence electrons. The van der Waals surface area contributed by atoms with Crippen LogP contribution in [-0.4, -0.2) is 9.13 Å². The van der Waals surface area contributed by atoms with Gasteiger partial charge >= 0.3 is 0 Å². The van der Waals surface area contributed by atoms with Crippen molar-refractivity contribution in [2.75, 3.05) is 0 Å². The van der Waals surface area contributed by atoms with Crippen molar-refractivity contribution < 1.29 is 4.42 Å². The number of furan rings is 1. The van der Waals surface area contributed by atoms with E-state index < -0.39 is 0 Å². The molecule has 0 aliphatic heterocycles. The predicted molar refractivity (Wildman–Crippen MR) is 192 cm³/mol. The van der Waals surface area contributed by atoms with Gasteiger partial charge in [-0.05, 0) is 55.3 Å². The minimum absolute atomic E-state index is 0.637. The first-order chi connectivity index (χ1) is 23.3. The quantitative estimate of drug-likeness (QED) is 0.202. The zero-order chi connectivity index (χ0) is 31.1. The van der Waals surface area contributed by atoms with Crippen LogP contribution in [0.15, 0.2) is 138 Å². The molecule has 0 saturated carbocycles. The Kier molecular flexibility index (Phi) is 5.44. The molecule has 3 heterocycles. The Morgan fingerprint density at radius 3 is 2.11 bits per heavy atom. The van der Waals surface area contributed by atoms with Crippen molar-refractivity contribution in [2.24, 2.45) is 0 Å². The Labute approximate surface area is 270 Å². The first kappa shape index (κ1) is 26.0. The summed E-state index contributed by atoms with van der Waals surface area (Å²) < 4.78 is 11.3. The van der Waals surface area contributed by atoms with Gasteiger partial charge in [0.1, 0.15) is 17.2 Å². The molecular formula is C43H27N3O. The van der Waals surface area contributed by atoms with Gasteiger partial charge in [0.15, 0.2) is 0 Å². The third-order valence-corrected chi connectivity index (χ3v) is 9.84. The average molecular weight is 602 g/mol. The molecule has 0 amide bonds. The van der Waals surface area contributed by atoms with Crippen LogP contribution in [0.1, 0.15) is 23.2 Å². The second kappa shape index (κ2) is 9.84. The Morgan fingerprint density at radius 2 is 1.30 bits per heavy atom. The van der Waals surface area contributed by atoms with Crippen LogP contribution in [0.2, 0.25) is 0 Å². The number of hydrogen-bond donors (Lipinski definition) is 0. The molecule has 9 aromatic rings. The molecule has 4 nitrogen and oxygen atoms in total. The molecule has 0 unspecified atom stereocenters. The Hall–Kier alpha value is -6.31. The molecule has 0 fully saturated rings. The van der Waals surface area contributed by atoms with Crippen molar-refractivity contribution in [1.29, 1.82) is 5.26 Å². The van der Waals surface area contributed by atoms with E-state index in [1.807, 2.05) is 24.3 Å². The number of fused-ring (bicyclic) bond motifs is 10. The molecule has 0 saturated heterocycles. The fourth-order valence-electron chi connectivity index (χ4n) is 7.91. The number of para-hydroxylation sites is 5. The van der Waals surface area contributed by atoms with Gasteiger partial charge in [0.25, 0.3) is 0 Å². The molecule has 10 rings (SSSR count). The minimum Gasteiger partial charge on any atom is -0.455 e. The van der Waals surface area contributed by atoms with Gasteiger partial charge in [-0.25, -0.2) is 0 Å². The first-order valence-electron chi connectivity index (χ1n) is 16.1. The molecule has 3 aromatic heterocycles. The Morgan fingerprint density at radius 1 is 0.596 bits per heavy atom. The number of allylic oxidation sites excluding steroid dienone is 1. The van der Waals surface area contributed by atoms with Crippen LogP contribution in [-0.2, 0) is 6.42 Å². The third-order valence-electron chi connectivity index (χ3n) is 9.84. The number of nitriles is 1.